The third kappa shape index (κ3) is 1.92. The Balaban J connectivity index is 1.87. The molecule has 3 rings (SSSR count). The van der Waals surface area contributed by atoms with E-state index in [9.17, 15) is 14.4 Å². The van der Waals surface area contributed by atoms with E-state index in [4.69, 9.17) is 0 Å². The molecule has 1 aromatic rings. The standard InChI is InChI=1S/C12H12N4O3/c17-10-6-9-11(18)15(8-2-1-3-13-7-8)4-5-16(9)12(19)14-10/h1-3,7,9H,4-6H2,(H,14,17,19). The van der Waals surface area contributed by atoms with Crippen LogP contribution in [0.1, 0.15) is 6.42 Å². The molecular weight excluding hydrogens is 248 g/mol. The van der Waals surface area contributed by atoms with Gasteiger partial charge in [-0.1, -0.05) is 0 Å². The highest BCUT2D eigenvalue weighted by atomic mass is 16.2. The van der Waals surface area contributed by atoms with Crippen molar-refractivity contribution in [1.29, 1.82) is 0 Å². The number of imide groups is 1. The Labute approximate surface area is 109 Å². The van der Waals surface area contributed by atoms with Crippen LogP contribution in [-0.2, 0) is 9.59 Å². The summed E-state index contributed by atoms with van der Waals surface area (Å²) in [4.78, 5) is 42.3. The molecule has 0 saturated carbocycles. The van der Waals surface area contributed by atoms with Crippen LogP contribution >= 0.6 is 0 Å². The largest absolute Gasteiger partial charge is 0.324 e. The molecule has 0 aromatic carbocycles. The van der Waals surface area contributed by atoms with Crippen molar-refractivity contribution in [2.45, 2.75) is 12.5 Å². The number of nitrogens with one attached hydrogen (secondary N) is 1. The molecule has 98 valence electrons. The summed E-state index contributed by atoms with van der Waals surface area (Å²) in [5, 5.41) is 2.22. The van der Waals surface area contributed by atoms with Crippen LogP contribution in [0.4, 0.5) is 10.5 Å². The van der Waals surface area contributed by atoms with E-state index in [0.717, 1.165) is 0 Å². The lowest BCUT2D eigenvalue weighted by Gasteiger charge is -2.42. The van der Waals surface area contributed by atoms with Crippen molar-refractivity contribution in [3.8, 4) is 0 Å². The minimum atomic E-state index is -0.699. The number of anilines is 1. The van der Waals surface area contributed by atoms with E-state index in [1.165, 1.54) is 4.90 Å². The topological polar surface area (TPSA) is 82.6 Å². The molecule has 2 aliphatic heterocycles. The van der Waals surface area contributed by atoms with Crippen LogP contribution in [-0.4, -0.2) is 46.9 Å². The number of fused-ring (bicyclic) bond motifs is 1. The molecule has 1 atom stereocenters. The lowest BCUT2D eigenvalue weighted by molar-refractivity contribution is -0.132. The number of rotatable bonds is 1. The van der Waals surface area contributed by atoms with E-state index in [-0.39, 0.29) is 12.3 Å². The van der Waals surface area contributed by atoms with E-state index in [0.29, 0.717) is 18.8 Å². The molecule has 1 N–H and O–H groups in total. The highest BCUT2D eigenvalue weighted by Gasteiger charge is 2.42. The van der Waals surface area contributed by atoms with Crippen LogP contribution in [0.15, 0.2) is 24.5 Å². The van der Waals surface area contributed by atoms with Gasteiger partial charge in [-0.15, -0.1) is 0 Å². The van der Waals surface area contributed by atoms with Crippen molar-refractivity contribution in [3.63, 3.8) is 0 Å². The van der Waals surface area contributed by atoms with Gasteiger partial charge in [-0.3, -0.25) is 19.9 Å². The highest BCUT2D eigenvalue weighted by Crippen LogP contribution is 2.22. The van der Waals surface area contributed by atoms with Crippen molar-refractivity contribution < 1.29 is 14.4 Å². The monoisotopic (exact) mass is 260 g/mol. The molecule has 7 heteroatoms. The number of carbonyl (C=O) groups excluding carboxylic acids is 3. The number of hydrogen-bond donors (Lipinski definition) is 1. The maximum absolute atomic E-state index is 12.4. The molecule has 7 nitrogen and oxygen atoms in total. The number of carbonyl (C=O) groups is 3. The SMILES string of the molecule is O=C1CC2C(=O)N(c3cccnc3)CCN2C(=O)N1. The molecule has 0 radical (unpaired) electrons. The summed E-state index contributed by atoms with van der Waals surface area (Å²) in [6.45, 7) is 0.813. The van der Waals surface area contributed by atoms with Crippen molar-refractivity contribution >= 4 is 23.5 Å². The van der Waals surface area contributed by atoms with Crippen molar-refractivity contribution in [3.05, 3.63) is 24.5 Å². The summed E-state index contributed by atoms with van der Waals surface area (Å²) in [5.41, 5.74) is 0.686. The van der Waals surface area contributed by atoms with Gasteiger partial charge in [0.25, 0.3) is 5.91 Å². The summed E-state index contributed by atoms with van der Waals surface area (Å²) < 4.78 is 0. The predicted molar refractivity (Wildman–Crippen MR) is 65.2 cm³/mol. The summed E-state index contributed by atoms with van der Waals surface area (Å²) in [7, 11) is 0. The summed E-state index contributed by atoms with van der Waals surface area (Å²) in [6.07, 6.45) is 3.24. The van der Waals surface area contributed by atoms with Crippen LogP contribution in [0.25, 0.3) is 0 Å². The number of hydrogen-bond acceptors (Lipinski definition) is 4. The minimum absolute atomic E-state index is 0.0152. The number of nitrogens with zero attached hydrogens (tertiary/aromatic N) is 3. The van der Waals surface area contributed by atoms with Crippen molar-refractivity contribution in [1.82, 2.24) is 15.2 Å². The fraction of sp³-hybridized carbons (Fsp3) is 0.333. The summed E-state index contributed by atoms with van der Waals surface area (Å²) in [5.74, 6) is -0.643. The Hall–Kier alpha value is -2.44. The molecule has 4 amide bonds. The summed E-state index contributed by atoms with van der Waals surface area (Å²) in [6, 6.07) is 2.34. The smallest absolute Gasteiger partial charge is 0.310 e. The van der Waals surface area contributed by atoms with E-state index in [1.807, 2.05) is 0 Å². The fourth-order valence-corrected chi connectivity index (χ4v) is 2.42. The van der Waals surface area contributed by atoms with E-state index >= 15 is 0 Å². The van der Waals surface area contributed by atoms with Gasteiger partial charge < -0.3 is 9.80 Å². The Bertz CT molecular complexity index is 545. The molecule has 2 saturated heterocycles. The van der Waals surface area contributed by atoms with Crippen molar-refractivity contribution in [2.24, 2.45) is 0 Å². The third-order valence-corrected chi connectivity index (χ3v) is 3.34. The molecule has 1 aromatic heterocycles. The lowest BCUT2D eigenvalue weighted by Crippen LogP contribution is -2.65. The van der Waals surface area contributed by atoms with Gasteiger partial charge in [0, 0.05) is 19.3 Å². The molecule has 19 heavy (non-hydrogen) atoms. The molecule has 0 bridgehead atoms. The first-order valence-corrected chi connectivity index (χ1v) is 5.98. The average molecular weight is 260 g/mol. The normalized spacial score (nSPS) is 23.2. The Kier molecular flexibility index (Phi) is 2.66. The zero-order valence-corrected chi connectivity index (χ0v) is 10.1. The minimum Gasteiger partial charge on any atom is -0.310 e. The maximum atomic E-state index is 12.4. The van der Waals surface area contributed by atoms with Crippen LogP contribution in [0.2, 0.25) is 0 Å². The van der Waals surface area contributed by atoms with Gasteiger partial charge in [0.1, 0.15) is 6.04 Å². The van der Waals surface area contributed by atoms with Gasteiger partial charge in [0.15, 0.2) is 0 Å². The second-order valence-corrected chi connectivity index (χ2v) is 4.47. The first-order valence-electron chi connectivity index (χ1n) is 5.98. The van der Waals surface area contributed by atoms with Crippen molar-refractivity contribution in [2.75, 3.05) is 18.0 Å². The number of aromatic nitrogens is 1. The van der Waals surface area contributed by atoms with Gasteiger partial charge in [0.05, 0.1) is 18.3 Å². The van der Waals surface area contributed by atoms with Crippen LogP contribution in [0, 0.1) is 0 Å². The fourth-order valence-electron chi connectivity index (χ4n) is 2.42. The molecule has 2 aliphatic rings. The molecule has 0 spiro atoms. The van der Waals surface area contributed by atoms with E-state index in [2.05, 4.69) is 10.3 Å². The Morgan fingerprint density at radius 2 is 2.11 bits per heavy atom. The molecule has 2 fully saturated rings. The quantitative estimate of drug-likeness (QED) is 0.754. The van der Waals surface area contributed by atoms with E-state index < -0.39 is 18.0 Å². The predicted octanol–water partition coefficient (Wildman–Crippen LogP) is -0.261. The first-order chi connectivity index (χ1) is 9.16. The second kappa shape index (κ2) is 4.34. The molecular formula is C12H12N4O3. The Morgan fingerprint density at radius 3 is 2.84 bits per heavy atom. The van der Waals surface area contributed by atoms with Gasteiger partial charge >= 0.3 is 6.03 Å². The summed E-state index contributed by atoms with van der Waals surface area (Å²) >= 11 is 0. The first kappa shape index (κ1) is 11.6. The van der Waals surface area contributed by atoms with Gasteiger partial charge in [-0.05, 0) is 12.1 Å². The van der Waals surface area contributed by atoms with Crippen LogP contribution in [0.5, 0.6) is 0 Å². The Morgan fingerprint density at radius 1 is 1.26 bits per heavy atom. The number of pyridine rings is 1. The van der Waals surface area contributed by atoms with E-state index in [1.54, 1.807) is 29.4 Å². The molecule has 3 heterocycles. The number of amides is 4. The average Bonchev–Trinajstić information content (AvgIpc) is 2.41. The molecule has 1 unspecified atom stereocenters. The number of piperazine rings is 1. The van der Waals surface area contributed by atoms with Crippen LogP contribution in [0.3, 0.4) is 0 Å². The zero-order chi connectivity index (χ0) is 13.4. The zero-order valence-electron chi connectivity index (χ0n) is 10.1. The second-order valence-electron chi connectivity index (χ2n) is 4.47. The van der Waals surface area contributed by atoms with Crippen LogP contribution < -0.4 is 10.2 Å². The lowest BCUT2D eigenvalue weighted by atomic mass is 10.0. The van der Waals surface area contributed by atoms with Gasteiger partial charge in [0.2, 0.25) is 5.91 Å². The van der Waals surface area contributed by atoms with Gasteiger partial charge in [-0.2, -0.15) is 0 Å². The molecule has 0 aliphatic carbocycles. The maximum Gasteiger partial charge on any atom is 0.324 e. The third-order valence-electron chi connectivity index (χ3n) is 3.34. The number of urea groups is 1. The highest BCUT2D eigenvalue weighted by molar-refractivity contribution is 6.07. The van der Waals surface area contributed by atoms with Gasteiger partial charge in [-0.25, -0.2) is 4.79 Å².